The molecule has 9 atom stereocenters. The van der Waals surface area contributed by atoms with Crippen LogP contribution in [0.2, 0.25) is 0 Å². The molecule has 21 nitrogen and oxygen atoms in total. The van der Waals surface area contributed by atoms with Gasteiger partial charge in [0.05, 0.1) is 84.5 Å². The molecule has 1 aliphatic heterocycles. The van der Waals surface area contributed by atoms with E-state index < -0.39 is 34.3 Å². The van der Waals surface area contributed by atoms with Crippen LogP contribution in [0.15, 0.2) is 0 Å². The summed E-state index contributed by atoms with van der Waals surface area (Å²) in [5, 5.41) is 52.0. The second-order valence-electron chi connectivity index (χ2n) is 49.7. The summed E-state index contributed by atoms with van der Waals surface area (Å²) in [5.74, 6) is -2.54. The molecule has 0 saturated heterocycles. The van der Waals surface area contributed by atoms with Crippen LogP contribution in [0.1, 0.15) is 497 Å². The van der Waals surface area contributed by atoms with Crippen LogP contribution in [0.4, 0.5) is 22.0 Å². The fourth-order valence-electron chi connectivity index (χ4n) is 21.9. The lowest BCUT2D eigenvalue weighted by atomic mass is 9.68. The van der Waals surface area contributed by atoms with Crippen molar-refractivity contribution in [2.75, 3.05) is 27.3 Å². The van der Waals surface area contributed by atoms with Crippen LogP contribution in [0.3, 0.4) is 0 Å². The lowest BCUT2D eigenvalue weighted by Gasteiger charge is -2.42. The van der Waals surface area contributed by atoms with Crippen LogP contribution in [0.25, 0.3) is 0 Å². The van der Waals surface area contributed by atoms with E-state index in [0.717, 1.165) is 189 Å². The van der Waals surface area contributed by atoms with Gasteiger partial charge in [-0.15, -0.1) is 30.6 Å². The van der Waals surface area contributed by atoms with Gasteiger partial charge < -0.3 is 9.47 Å². The fraction of sp³-hybridized carbons (Fsp3) is 0.891. The first-order valence-electron chi connectivity index (χ1n) is 54.1. The molecule has 136 heavy (non-hydrogen) atoms. The first kappa shape index (κ1) is 116. The van der Waals surface area contributed by atoms with Crippen molar-refractivity contribution in [1.29, 1.82) is 0 Å². The third kappa shape index (κ3) is 25.4. The van der Waals surface area contributed by atoms with E-state index in [1.807, 2.05) is 67.0 Å². The lowest BCUT2D eigenvalue weighted by molar-refractivity contribution is -0.120. The largest absolute Gasteiger partial charge is 0.377 e. The summed E-state index contributed by atoms with van der Waals surface area (Å²) in [6.07, 6.45) is 33.2. The monoisotopic (exact) mass is 1910 g/mol. The summed E-state index contributed by atoms with van der Waals surface area (Å²) < 4.78 is 100. The van der Waals surface area contributed by atoms with Gasteiger partial charge >= 0.3 is 0 Å². The smallest absolute Gasteiger partial charge is 0.296 e. The van der Waals surface area contributed by atoms with Gasteiger partial charge in [-0.2, -0.15) is 17.6 Å². The maximum Gasteiger partial charge on any atom is 0.296 e. The average molecular weight is 1910 g/mol. The summed E-state index contributed by atoms with van der Waals surface area (Å²) in [5.41, 5.74) is 8.55. The van der Waals surface area contributed by atoms with E-state index in [1.165, 1.54) is 74.1 Å². The average Bonchev–Trinajstić information content (AvgIpc) is 1.57. The number of methoxy groups -OCH3 is 2. The van der Waals surface area contributed by atoms with E-state index in [0.29, 0.717) is 65.9 Å². The van der Waals surface area contributed by atoms with E-state index in [-0.39, 0.29) is 74.2 Å². The lowest BCUT2D eigenvalue weighted by Crippen LogP contribution is -2.51. The molecule has 6 aliphatic carbocycles. The first-order valence-corrected chi connectivity index (χ1v) is 54.1. The fourth-order valence-corrected chi connectivity index (χ4v) is 21.9. The molecule has 778 valence electrons. The van der Waals surface area contributed by atoms with Crippen molar-refractivity contribution in [2.45, 2.75) is 542 Å². The summed E-state index contributed by atoms with van der Waals surface area (Å²) in [7, 11) is 3.53. The number of rotatable bonds is 26. The van der Waals surface area contributed by atoms with E-state index >= 15 is 13.2 Å². The van der Waals surface area contributed by atoms with E-state index in [9.17, 15) is 8.78 Å². The van der Waals surface area contributed by atoms with Crippen LogP contribution < -0.4 is 0 Å². The Balaban J connectivity index is 0.000000201. The number of fused-ring (bicyclic) bond motifs is 7. The van der Waals surface area contributed by atoms with Crippen LogP contribution in [-0.2, 0) is 112 Å². The van der Waals surface area contributed by atoms with Crippen LogP contribution in [0.5, 0.6) is 0 Å². The normalized spacial score (nSPS) is 23.5. The Morgan fingerprint density at radius 3 is 1.17 bits per heavy atom. The van der Waals surface area contributed by atoms with Gasteiger partial charge in [-0.1, -0.05) is 222 Å². The number of halogens is 5. The minimum Gasteiger partial charge on any atom is -0.377 e. The number of aryl methyl sites for hydroxylation is 2. The molecule has 6 aromatic heterocycles. The molecular formula is C110H196F5N19O2. The third-order valence-electron chi connectivity index (χ3n) is 37.0. The molecule has 0 spiro atoms. The second-order valence-corrected chi connectivity index (χ2v) is 49.7. The highest BCUT2D eigenvalue weighted by atomic mass is 19.3. The predicted octanol–water partition coefficient (Wildman–Crippen LogP) is 28.2. The minimum absolute atomic E-state index is 0.0558. The third-order valence-corrected chi connectivity index (χ3v) is 37.0. The Morgan fingerprint density at radius 1 is 0.316 bits per heavy atom. The van der Waals surface area contributed by atoms with Crippen molar-refractivity contribution >= 4 is 0 Å². The number of alkyl halides is 5. The van der Waals surface area contributed by atoms with Crippen molar-refractivity contribution in [3.8, 4) is 0 Å². The highest BCUT2D eigenvalue weighted by Crippen LogP contribution is 2.62. The predicted molar refractivity (Wildman–Crippen MR) is 545 cm³/mol. The summed E-state index contributed by atoms with van der Waals surface area (Å²) in [4.78, 5) is 2.50. The van der Waals surface area contributed by atoms with Gasteiger partial charge in [-0.05, 0) is 322 Å². The molecule has 6 aromatic rings. The van der Waals surface area contributed by atoms with Crippen molar-refractivity contribution in [2.24, 2.45) is 62.6 Å². The van der Waals surface area contributed by atoms with Crippen molar-refractivity contribution < 1.29 is 31.4 Å². The Bertz CT molecular complexity index is 4680. The molecule has 7 aliphatic rings. The van der Waals surface area contributed by atoms with Gasteiger partial charge in [0.1, 0.15) is 17.9 Å². The molecule has 0 aromatic carbocycles. The van der Waals surface area contributed by atoms with E-state index in [1.54, 1.807) is 23.6 Å². The Labute approximate surface area is 822 Å². The first-order chi connectivity index (χ1) is 63.2. The molecule has 0 bridgehead atoms. The van der Waals surface area contributed by atoms with Crippen LogP contribution in [0, 0.1) is 62.6 Å². The van der Waals surface area contributed by atoms with Crippen molar-refractivity contribution in [3.05, 3.63) is 68.3 Å². The zero-order valence-electron chi connectivity index (χ0n) is 93.5. The number of aromatic nitrogens is 18. The molecule has 7 heterocycles. The molecule has 0 amide bonds. The van der Waals surface area contributed by atoms with Gasteiger partial charge in [0.2, 0.25) is 0 Å². The highest BCUT2D eigenvalue weighted by molar-refractivity contribution is 5.27. The molecule has 0 N–H and O–H groups in total. The quantitative estimate of drug-likeness (QED) is 0.0463. The SMILES string of the molecule is CCC(C)(C)C1CCCCc2c(nnn2C(C)(C)CC)C1(F)F.CCC(C)(C)C1CCCc2nnn(C(C)(C)CC)c2CC1.CCC(C)(C)C1CCc2c(nnn2C(C)(C)CC)C(F)(F)CC1.CCC(C)(C)C1[C@H]2CCc3nnn(C(C)(C)CC)c3CC[C@@H]12.CCC(C)(C)N1CCc2nnn(C(C)(C)CC)c2C(OC)C(OC)C1.CCC(C)(C)n1nnc2c1CCCCCC2(F)C(C)(C)CC. The van der Waals surface area contributed by atoms with Crippen molar-refractivity contribution in [3.63, 3.8) is 0 Å². The van der Waals surface area contributed by atoms with Crippen LogP contribution in [-0.4, -0.2) is 134 Å². The molecule has 1 saturated carbocycles. The van der Waals surface area contributed by atoms with Gasteiger partial charge in [0, 0.05) is 57.0 Å². The molecule has 13 rings (SSSR count). The Hall–Kier alpha value is -5.63. The number of hydrogen-bond acceptors (Lipinski definition) is 15. The number of ether oxygens (including phenoxy) is 2. The molecular weight excluding hydrogens is 1710 g/mol. The summed E-state index contributed by atoms with van der Waals surface area (Å²) in [6.45, 7) is 80.5. The number of nitrogens with zero attached hydrogens (tertiary/aromatic N) is 19. The van der Waals surface area contributed by atoms with Gasteiger partial charge in [0.25, 0.3) is 11.8 Å². The minimum atomic E-state index is -2.92. The standard InChI is InChI=1S/C19H36N4O2.C19H33N3.2C18H31F2N3.C18H32FN3.C18H33N3/c1-9-18(3,4)22-12-11-14-16(17(25-8)15(13-22)24-7)23(21-20-14)19(5,6)10-2;1-7-18(3,4)17-13-9-11-15-16(12-10-14(13)17)22(21-20-15)19(5,6)8-2;1-7-16(3,4)13-9-10-14-15(18(19,20)12-11-13)21-22-23(14)17(5,6)8-2;1-7-16(3,4)14-12-10-9-11-13-15(18(14,19)20)21-22-23(13)17(5,6)8-2;1-7-16(3,4)18(19)13-11-9-10-12-14-15(18)20-21-22(14)17(5,6)8-2;1-7-17(3,4)14-10-9-11-15-16(13-12-14)21(20-19-15)18(5,6)8-2/h15,17H,9-13H2,1-8H3;13-14,17H,7-12H2,1-6H3;13H,7-12H2,1-6H3;14H,7-12H2,1-6H3;7-13H2,1-6H3;14H,7-13H2,1-6H3/t;13-,14+,17?;;;;/m.0..../s1. The van der Waals surface area contributed by atoms with E-state index in [4.69, 9.17) is 9.47 Å². The second kappa shape index (κ2) is 45.5. The Kier molecular flexibility index (Phi) is 38.7. The van der Waals surface area contributed by atoms with Crippen LogP contribution >= 0.6 is 0 Å². The van der Waals surface area contributed by atoms with E-state index in [2.05, 4.69) is 268 Å². The highest BCUT2D eigenvalue weighted by Gasteiger charge is 2.58. The topological polar surface area (TPSA) is 206 Å². The maximum atomic E-state index is 16.2. The summed E-state index contributed by atoms with van der Waals surface area (Å²) in [6, 6.07) is 0. The summed E-state index contributed by atoms with van der Waals surface area (Å²) >= 11 is 0. The zero-order valence-corrected chi connectivity index (χ0v) is 93.5. The molecule has 26 heteroatoms. The molecule has 0 radical (unpaired) electrons. The van der Waals surface area contributed by atoms with Crippen molar-refractivity contribution in [1.82, 2.24) is 94.9 Å². The molecule has 7 unspecified atom stereocenters. The zero-order chi connectivity index (χ0) is 102. The Morgan fingerprint density at radius 2 is 0.706 bits per heavy atom. The maximum absolute atomic E-state index is 16.2. The molecule has 1 fully saturated rings. The number of hydrogen-bond donors (Lipinski definition) is 0. The van der Waals surface area contributed by atoms with Gasteiger partial charge in [-0.25, -0.2) is 32.5 Å². The van der Waals surface area contributed by atoms with Gasteiger partial charge in [0.15, 0.2) is 17.1 Å². The van der Waals surface area contributed by atoms with Gasteiger partial charge in [-0.3, -0.25) is 4.90 Å².